The number of nitrogens with one attached hydrogen (secondary N) is 1. The molecule has 3 aliphatic rings. The Kier molecular flexibility index (Phi) is 5.27. The van der Waals surface area contributed by atoms with Crippen molar-refractivity contribution in [2.75, 3.05) is 19.0 Å². The maximum Gasteiger partial charge on any atom is 0.341 e. The molecule has 1 aliphatic heterocycles. The molecular formula is C23H30N2O5S. The zero-order chi connectivity index (χ0) is 22.7. The first-order valence-electron chi connectivity index (χ1n) is 10.9. The lowest BCUT2D eigenvalue weighted by molar-refractivity contribution is -0.168. The lowest BCUT2D eigenvalue weighted by Crippen LogP contribution is -2.60. The molecule has 3 atom stereocenters. The van der Waals surface area contributed by atoms with E-state index in [0.717, 1.165) is 34.6 Å². The van der Waals surface area contributed by atoms with Crippen molar-refractivity contribution >= 4 is 40.0 Å². The molecule has 1 saturated carbocycles. The lowest BCUT2D eigenvalue weighted by Gasteiger charge is -2.47. The van der Waals surface area contributed by atoms with E-state index in [1.54, 1.807) is 0 Å². The van der Waals surface area contributed by atoms with Crippen LogP contribution in [-0.2, 0) is 32.0 Å². The van der Waals surface area contributed by atoms with Gasteiger partial charge >= 0.3 is 5.97 Å². The highest BCUT2D eigenvalue weighted by molar-refractivity contribution is 7.17. The van der Waals surface area contributed by atoms with Crippen molar-refractivity contribution in [3.05, 3.63) is 16.0 Å². The fourth-order valence-electron chi connectivity index (χ4n) is 5.52. The predicted octanol–water partition coefficient (Wildman–Crippen LogP) is 3.41. The van der Waals surface area contributed by atoms with Gasteiger partial charge in [0.25, 0.3) is 0 Å². The standard InChI is InChI=1S/C23H30N2O5S/c1-12-6-7-13-15(10-12)31-18(17(13)20(28)30-5)24-16(26)11-25-19(27)14-8-9-23(4,21(25)29)22(14,2)3/h12,14H,6-11H2,1-5H3,(H,24,26). The molecule has 3 amide bonds. The van der Waals surface area contributed by atoms with E-state index in [4.69, 9.17) is 4.74 Å². The summed E-state index contributed by atoms with van der Waals surface area (Å²) in [6.45, 7) is 7.67. The second kappa shape index (κ2) is 7.43. The highest BCUT2D eigenvalue weighted by Gasteiger charge is 2.64. The van der Waals surface area contributed by atoms with Crippen LogP contribution in [0.1, 0.15) is 67.8 Å². The summed E-state index contributed by atoms with van der Waals surface area (Å²) in [7, 11) is 1.33. The van der Waals surface area contributed by atoms with Gasteiger partial charge in [0, 0.05) is 10.8 Å². The number of piperidine rings is 1. The second-order valence-electron chi connectivity index (χ2n) is 9.97. The first-order valence-corrected chi connectivity index (χ1v) is 11.7. The Morgan fingerprint density at radius 1 is 1.23 bits per heavy atom. The Labute approximate surface area is 186 Å². The minimum atomic E-state index is -0.652. The van der Waals surface area contributed by atoms with Crippen LogP contribution in [0.4, 0.5) is 5.00 Å². The Hall–Kier alpha value is -2.22. The number of likely N-dealkylation sites (tertiary alicyclic amines) is 1. The minimum Gasteiger partial charge on any atom is -0.465 e. The third-order valence-electron chi connectivity index (χ3n) is 7.96. The Balaban J connectivity index is 1.57. The summed E-state index contributed by atoms with van der Waals surface area (Å²) in [5, 5.41) is 3.25. The third-order valence-corrected chi connectivity index (χ3v) is 9.13. The molecule has 1 aromatic rings. The quantitative estimate of drug-likeness (QED) is 0.565. The average Bonchev–Trinajstić information content (AvgIpc) is 3.14. The third kappa shape index (κ3) is 3.22. The van der Waals surface area contributed by atoms with E-state index in [1.165, 1.54) is 18.4 Å². The van der Waals surface area contributed by atoms with Gasteiger partial charge in [0.1, 0.15) is 11.5 Å². The molecule has 168 valence electrons. The molecule has 8 heteroatoms. The van der Waals surface area contributed by atoms with Gasteiger partial charge in [0.2, 0.25) is 17.7 Å². The summed E-state index contributed by atoms with van der Waals surface area (Å²) in [6.07, 6.45) is 3.92. The van der Waals surface area contributed by atoms with Crippen LogP contribution < -0.4 is 5.32 Å². The molecule has 7 nitrogen and oxygen atoms in total. The van der Waals surface area contributed by atoms with Crippen molar-refractivity contribution in [3.8, 4) is 0 Å². The van der Waals surface area contributed by atoms with Crippen molar-refractivity contribution in [2.45, 2.75) is 59.8 Å². The number of thiophene rings is 1. The maximum atomic E-state index is 13.2. The van der Waals surface area contributed by atoms with Gasteiger partial charge in [-0.2, -0.15) is 0 Å². The van der Waals surface area contributed by atoms with E-state index in [9.17, 15) is 19.2 Å². The van der Waals surface area contributed by atoms with Gasteiger partial charge < -0.3 is 10.1 Å². The summed E-state index contributed by atoms with van der Waals surface area (Å²) in [6, 6.07) is 0. The maximum absolute atomic E-state index is 13.2. The average molecular weight is 447 g/mol. The number of anilines is 1. The summed E-state index contributed by atoms with van der Waals surface area (Å²) in [4.78, 5) is 53.8. The van der Waals surface area contributed by atoms with E-state index in [-0.39, 0.29) is 24.3 Å². The number of esters is 1. The smallest absolute Gasteiger partial charge is 0.341 e. The molecule has 0 spiro atoms. The van der Waals surface area contributed by atoms with Gasteiger partial charge in [-0.1, -0.05) is 27.7 Å². The molecular weight excluding hydrogens is 416 g/mol. The summed E-state index contributed by atoms with van der Waals surface area (Å²) < 4.78 is 4.96. The number of amides is 3. The number of fused-ring (bicyclic) bond motifs is 3. The molecule has 3 unspecified atom stereocenters. The van der Waals surface area contributed by atoms with E-state index in [2.05, 4.69) is 12.2 Å². The monoisotopic (exact) mass is 446 g/mol. The van der Waals surface area contributed by atoms with Gasteiger partial charge in [-0.05, 0) is 49.0 Å². The Morgan fingerprint density at radius 3 is 2.61 bits per heavy atom. The van der Waals surface area contributed by atoms with E-state index in [0.29, 0.717) is 29.3 Å². The van der Waals surface area contributed by atoms with Crippen LogP contribution in [0.3, 0.4) is 0 Å². The summed E-state index contributed by atoms with van der Waals surface area (Å²) >= 11 is 1.39. The van der Waals surface area contributed by atoms with Crippen LogP contribution >= 0.6 is 11.3 Å². The molecule has 31 heavy (non-hydrogen) atoms. The molecule has 4 rings (SSSR count). The van der Waals surface area contributed by atoms with Gasteiger partial charge in [-0.3, -0.25) is 19.3 Å². The number of nitrogens with zero attached hydrogens (tertiary/aromatic N) is 1. The predicted molar refractivity (Wildman–Crippen MR) is 117 cm³/mol. The molecule has 1 aromatic heterocycles. The fourth-order valence-corrected chi connectivity index (χ4v) is 6.93. The first-order chi connectivity index (χ1) is 14.5. The lowest BCUT2D eigenvalue weighted by atomic mass is 9.62. The van der Waals surface area contributed by atoms with Crippen molar-refractivity contribution < 1.29 is 23.9 Å². The molecule has 2 bridgehead atoms. The largest absolute Gasteiger partial charge is 0.465 e. The molecule has 2 fully saturated rings. The molecule has 1 saturated heterocycles. The minimum absolute atomic E-state index is 0.260. The van der Waals surface area contributed by atoms with Crippen LogP contribution in [0.2, 0.25) is 0 Å². The first kappa shape index (κ1) is 22.0. The summed E-state index contributed by atoms with van der Waals surface area (Å²) in [5.41, 5.74) is 0.284. The fraction of sp³-hybridized carbons (Fsp3) is 0.652. The topological polar surface area (TPSA) is 92.8 Å². The van der Waals surface area contributed by atoms with Gasteiger partial charge in [-0.25, -0.2) is 4.79 Å². The molecule has 2 heterocycles. The van der Waals surface area contributed by atoms with E-state index < -0.39 is 22.7 Å². The Morgan fingerprint density at radius 2 is 1.94 bits per heavy atom. The van der Waals surface area contributed by atoms with Gasteiger partial charge in [0.15, 0.2) is 0 Å². The summed E-state index contributed by atoms with van der Waals surface area (Å²) in [5.74, 6) is -1.24. The number of carbonyl (C=O) groups is 4. The number of carbonyl (C=O) groups excluding carboxylic acids is 4. The highest BCUT2D eigenvalue weighted by atomic mass is 32.1. The highest BCUT2D eigenvalue weighted by Crippen LogP contribution is 2.60. The van der Waals surface area contributed by atoms with Crippen LogP contribution in [-0.4, -0.2) is 42.2 Å². The zero-order valence-corrected chi connectivity index (χ0v) is 19.6. The Bertz CT molecular complexity index is 981. The number of methoxy groups -OCH3 is 1. The number of rotatable bonds is 4. The normalized spacial score (nSPS) is 29.0. The molecule has 0 radical (unpaired) electrons. The van der Waals surface area contributed by atoms with E-state index in [1.807, 2.05) is 20.8 Å². The van der Waals surface area contributed by atoms with Crippen molar-refractivity contribution in [3.63, 3.8) is 0 Å². The molecule has 2 aliphatic carbocycles. The SMILES string of the molecule is COC(=O)c1c(NC(=O)CN2C(=O)C3CCC(C)(C2=O)C3(C)C)sc2c1CCC(C)C2. The van der Waals surface area contributed by atoms with Gasteiger partial charge in [-0.15, -0.1) is 11.3 Å². The number of hydrogen-bond donors (Lipinski definition) is 1. The van der Waals surface area contributed by atoms with Crippen molar-refractivity contribution in [1.29, 1.82) is 0 Å². The van der Waals surface area contributed by atoms with Crippen LogP contribution in [0, 0.1) is 22.7 Å². The van der Waals surface area contributed by atoms with Crippen LogP contribution in [0.5, 0.6) is 0 Å². The van der Waals surface area contributed by atoms with Crippen LogP contribution in [0.25, 0.3) is 0 Å². The van der Waals surface area contributed by atoms with Crippen molar-refractivity contribution in [2.24, 2.45) is 22.7 Å². The zero-order valence-electron chi connectivity index (χ0n) is 18.8. The molecule has 1 N–H and O–H groups in total. The van der Waals surface area contributed by atoms with E-state index >= 15 is 0 Å². The number of imide groups is 1. The molecule has 0 aromatic carbocycles. The second-order valence-corrected chi connectivity index (χ2v) is 11.1. The van der Waals surface area contributed by atoms with Crippen LogP contribution in [0.15, 0.2) is 0 Å². The van der Waals surface area contributed by atoms with Gasteiger partial charge in [0.05, 0.1) is 18.1 Å². The number of hydrogen-bond acceptors (Lipinski definition) is 6. The number of ether oxygens (including phenoxy) is 1. The van der Waals surface area contributed by atoms with Crippen molar-refractivity contribution in [1.82, 2.24) is 4.90 Å².